The molecule has 0 aromatic heterocycles. The molecule has 0 spiro atoms. The van der Waals surface area contributed by atoms with Crippen molar-refractivity contribution in [2.45, 2.75) is 65.0 Å². The van der Waals surface area contributed by atoms with Gasteiger partial charge in [0.05, 0.1) is 6.10 Å². The van der Waals surface area contributed by atoms with Crippen LogP contribution in [0.25, 0.3) is 0 Å². The van der Waals surface area contributed by atoms with Gasteiger partial charge in [-0.25, -0.2) is 0 Å². The Bertz CT molecular complexity index is 294. The van der Waals surface area contributed by atoms with Gasteiger partial charge in [0.15, 0.2) is 0 Å². The van der Waals surface area contributed by atoms with Gasteiger partial charge >= 0.3 is 5.97 Å². The van der Waals surface area contributed by atoms with Crippen molar-refractivity contribution in [1.29, 1.82) is 0 Å². The number of aliphatic hydroxyl groups excluding tert-OH is 1. The predicted octanol–water partition coefficient (Wildman–Crippen LogP) is 2.35. The Morgan fingerprint density at radius 1 is 1.35 bits per heavy atom. The van der Waals surface area contributed by atoms with Gasteiger partial charge in [0, 0.05) is 6.42 Å². The van der Waals surface area contributed by atoms with Crippen LogP contribution in [-0.2, 0) is 9.53 Å². The minimum absolute atomic E-state index is 0.0703. The van der Waals surface area contributed by atoms with Crippen LogP contribution in [0.2, 0.25) is 19.6 Å². The molecule has 0 saturated heterocycles. The van der Waals surface area contributed by atoms with Crippen molar-refractivity contribution in [2.75, 3.05) is 0 Å². The average molecular weight is 256 g/mol. The number of hydrogen-bond donors (Lipinski definition) is 1. The third-order valence-electron chi connectivity index (χ3n) is 1.84. The number of rotatable bonds is 5. The van der Waals surface area contributed by atoms with Crippen LogP contribution in [0.1, 0.15) is 33.1 Å². The first-order valence-electron chi connectivity index (χ1n) is 6.11. The molecule has 0 rings (SSSR count). The van der Waals surface area contributed by atoms with Gasteiger partial charge in [0.2, 0.25) is 0 Å². The summed E-state index contributed by atoms with van der Waals surface area (Å²) in [7, 11) is -1.42. The summed E-state index contributed by atoms with van der Waals surface area (Å²) in [6.45, 7) is 10.0. The Labute approximate surface area is 106 Å². The van der Waals surface area contributed by atoms with Gasteiger partial charge in [-0.2, -0.15) is 0 Å². The molecule has 0 heterocycles. The number of carbonyl (C=O) groups is 1. The summed E-state index contributed by atoms with van der Waals surface area (Å²) in [5, 5.41) is 9.60. The second-order valence-electron chi connectivity index (χ2n) is 5.47. The molecule has 0 aliphatic heterocycles. The zero-order chi connectivity index (χ0) is 13.5. The fraction of sp³-hybridized carbons (Fsp3) is 0.769. The van der Waals surface area contributed by atoms with E-state index < -0.39 is 14.2 Å². The van der Waals surface area contributed by atoms with E-state index in [0.29, 0.717) is 19.3 Å². The molecule has 3 nitrogen and oxygen atoms in total. The molecule has 1 N–H and O–H groups in total. The van der Waals surface area contributed by atoms with Crippen LogP contribution in [0.5, 0.6) is 0 Å². The molecule has 0 unspecified atom stereocenters. The summed E-state index contributed by atoms with van der Waals surface area (Å²) in [6, 6.07) is 0. The molecule has 0 aliphatic carbocycles. The summed E-state index contributed by atoms with van der Waals surface area (Å²) in [6.07, 6.45) is 0.814. The van der Waals surface area contributed by atoms with E-state index in [4.69, 9.17) is 4.74 Å². The average Bonchev–Trinajstić information content (AvgIpc) is 2.12. The highest BCUT2D eigenvalue weighted by molar-refractivity contribution is 6.83. The van der Waals surface area contributed by atoms with Crippen molar-refractivity contribution in [2.24, 2.45) is 0 Å². The zero-order valence-corrected chi connectivity index (χ0v) is 12.5. The molecule has 4 heteroatoms. The monoisotopic (exact) mass is 256 g/mol. The van der Waals surface area contributed by atoms with E-state index in [2.05, 4.69) is 31.1 Å². The Hall–Kier alpha value is -0.793. The molecule has 0 bridgehead atoms. The lowest BCUT2D eigenvalue weighted by Gasteiger charge is -2.08. The molecule has 0 aliphatic rings. The molecule has 98 valence electrons. The van der Waals surface area contributed by atoms with Crippen molar-refractivity contribution in [1.82, 2.24) is 0 Å². The summed E-state index contributed by atoms with van der Waals surface area (Å²) in [5.41, 5.74) is 3.11. The largest absolute Gasteiger partial charge is 0.463 e. The van der Waals surface area contributed by atoms with Crippen LogP contribution in [0, 0.1) is 11.5 Å². The van der Waals surface area contributed by atoms with Gasteiger partial charge in [-0.1, -0.05) is 25.6 Å². The highest BCUT2D eigenvalue weighted by Crippen LogP contribution is 2.04. The van der Waals surface area contributed by atoms with E-state index in [1.807, 2.05) is 13.8 Å². The molecule has 0 aromatic carbocycles. The van der Waals surface area contributed by atoms with E-state index in [9.17, 15) is 9.90 Å². The van der Waals surface area contributed by atoms with Crippen LogP contribution in [0.4, 0.5) is 0 Å². The van der Waals surface area contributed by atoms with Gasteiger partial charge in [-0.15, -0.1) is 5.54 Å². The minimum atomic E-state index is -1.42. The highest BCUT2D eigenvalue weighted by atomic mass is 28.3. The summed E-state index contributed by atoms with van der Waals surface area (Å²) in [5.74, 6) is 2.65. The SMILES string of the molecule is CC(C)OC(=O)CCC[C@H](O)C#C[Si](C)(C)C. The molecule has 0 radical (unpaired) electrons. The van der Waals surface area contributed by atoms with Gasteiger partial charge in [-0.3, -0.25) is 4.79 Å². The summed E-state index contributed by atoms with van der Waals surface area (Å²) in [4.78, 5) is 11.2. The van der Waals surface area contributed by atoms with Gasteiger partial charge in [-0.05, 0) is 26.7 Å². The van der Waals surface area contributed by atoms with Crippen LogP contribution in [-0.4, -0.2) is 31.4 Å². The standard InChI is InChI=1S/C13H24O3Si/c1-11(2)16-13(15)8-6-7-12(14)9-10-17(3,4)5/h11-12,14H,6-8H2,1-5H3/t12-/m0/s1. The molecule has 0 aromatic rings. The lowest BCUT2D eigenvalue weighted by Crippen LogP contribution is -2.18. The fourth-order valence-electron chi connectivity index (χ4n) is 1.13. The molecule has 1 atom stereocenters. The normalized spacial score (nSPS) is 12.9. The van der Waals surface area contributed by atoms with Crippen molar-refractivity contribution in [3.63, 3.8) is 0 Å². The Morgan fingerprint density at radius 3 is 2.41 bits per heavy atom. The smallest absolute Gasteiger partial charge is 0.306 e. The predicted molar refractivity (Wildman–Crippen MR) is 72.2 cm³/mol. The maximum atomic E-state index is 11.2. The first kappa shape index (κ1) is 16.2. The summed E-state index contributed by atoms with van der Waals surface area (Å²) >= 11 is 0. The first-order valence-corrected chi connectivity index (χ1v) is 9.61. The van der Waals surface area contributed by atoms with E-state index in [-0.39, 0.29) is 12.1 Å². The topological polar surface area (TPSA) is 46.5 Å². The van der Waals surface area contributed by atoms with Crippen LogP contribution in [0.3, 0.4) is 0 Å². The third-order valence-corrected chi connectivity index (χ3v) is 2.73. The molecule has 0 fully saturated rings. The number of carbonyl (C=O) groups excluding carboxylic acids is 1. The van der Waals surface area contributed by atoms with Crippen LogP contribution in [0.15, 0.2) is 0 Å². The van der Waals surface area contributed by atoms with Crippen LogP contribution >= 0.6 is 0 Å². The van der Waals surface area contributed by atoms with E-state index in [1.54, 1.807) is 0 Å². The Balaban J connectivity index is 3.81. The second-order valence-corrected chi connectivity index (χ2v) is 10.2. The van der Waals surface area contributed by atoms with Crippen molar-refractivity contribution in [3.8, 4) is 11.5 Å². The number of esters is 1. The maximum absolute atomic E-state index is 11.2. The number of ether oxygens (including phenoxy) is 1. The molecular formula is C13H24O3Si. The lowest BCUT2D eigenvalue weighted by atomic mass is 10.1. The molecule has 0 saturated carbocycles. The Kier molecular flexibility index (Phi) is 7.17. The summed E-state index contributed by atoms with van der Waals surface area (Å²) < 4.78 is 5.00. The first-order chi connectivity index (χ1) is 7.70. The van der Waals surface area contributed by atoms with E-state index >= 15 is 0 Å². The zero-order valence-electron chi connectivity index (χ0n) is 11.5. The molecule has 0 amide bonds. The van der Waals surface area contributed by atoms with Gasteiger partial charge < -0.3 is 9.84 Å². The molecular weight excluding hydrogens is 232 g/mol. The lowest BCUT2D eigenvalue weighted by molar-refractivity contribution is -0.147. The number of aliphatic hydroxyl groups is 1. The highest BCUT2D eigenvalue weighted by Gasteiger charge is 2.10. The quantitative estimate of drug-likeness (QED) is 0.466. The fourth-order valence-corrected chi connectivity index (χ4v) is 1.73. The minimum Gasteiger partial charge on any atom is -0.463 e. The number of hydrogen-bond acceptors (Lipinski definition) is 3. The maximum Gasteiger partial charge on any atom is 0.306 e. The third kappa shape index (κ3) is 11.5. The van der Waals surface area contributed by atoms with Crippen LogP contribution < -0.4 is 0 Å². The van der Waals surface area contributed by atoms with Gasteiger partial charge in [0.25, 0.3) is 0 Å². The molecule has 17 heavy (non-hydrogen) atoms. The van der Waals surface area contributed by atoms with Crippen molar-refractivity contribution in [3.05, 3.63) is 0 Å². The van der Waals surface area contributed by atoms with Crippen molar-refractivity contribution < 1.29 is 14.6 Å². The van der Waals surface area contributed by atoms with Gasteiger partial charge in [0.1, 0.15) is 14.2 Å². The second kappa shape index (κ2) is 7.52. The Morgan fingerprint density at radius 2 is 1.94 bits per heavy atom. The van der Waals surface area contributed by atoms with E-state index in [0.717, 1.165) is 0 Å². The van der Waals surface area contributed by atoms with E-state index in [1.165, 1.54) is 0 Å². The van der Waals surface area contributed by atoms with Crippen molar-refractivity contribution >= 4 is 14.0 Å².